The van der Waals surface area contributed by atoms with E-state index in [0.717, 1.165) is 5.69 Å². The second kappa shape index (κ2) is 12.7. The molecule has 2 heterocycles. The third kappa shape index (κ3) is 6.72. The molecule has 4 aromatic rings. The highest BCUT2D eigenvalue weighted by molar-refractivity contribution is 6.32. The lowest BCUT2D eigenvalue weighted by molar-refractivity contribution is -0.134. The largest absolute Gasteiger partial charge is 0.491 e. The van der Waals surface area contributed by atoms with Crippen molar-refractivity contribution in [2.24, 2.45) is 0 Å². The van der Waals surface area contributed by atoms with Gasteiger partial charge in [0.15, 0.2) is 0 Å². The van der Waals surface area contributed by atoms with Crippen molar-refractivity contribution in [3.63, 3.8) is 0 Å². The van der Waals surface area contributed by atoms with Crippen molar-refractivity contribution in [3.8, 4) is 11.5 Å². The van der Waals surface area contributed by atoms with Crippen LogP contribution in [0.15, 0.2) is 79.8 Å². The zero-order valence-electron chi connectivity index (χ0n) is 20.0. The zero-order chi connectivity index (χ0) is 26.0. The fraction of sp³-hybridized carbons (Fsp3) is 0.185. The Hall–Kier alpha value is -4.21. The first-order valence-electron chi connectivity index (χ1n) is 11.5. The summed E-state index contributed by atoms with van der Waals surface area (Å²) in [7, 11) is 0. The summed E-state index contributed by atoms with van der Waals surface area (Å²) >= 11 is 6.47. The lowest BCUT2D eigenvalue weighted by Gasteiger charge is -2.20. The molecule has 2 N–H and O–H groups in total. The van der Waals surface area contributed by atoms with E-state index in [9.17, 15) is 9.90 Å². The van der Waals surface area contributed by atoms with Crippen LogP contribution in [-0.2, 0) is 11.4 Å². The summed E-state index contributed by atoms with van der Waals surface area (Å²) in [6, 6.07) is 16.5. The van der Waals surface area contributed by atoms with Crippen molar-refractivity contribution in [2.75, 3.05) is 31.6 Å². The van der Waals surface area contributed by atoms with Crippen LogP contribution < -0.4 is 14.8 Å². The van der Waals surface area contributed by atoms with Crippen molar-refractivity contribution < 1.29 is 19.4 Å². The Morgan fingerprint density at radius 2 is 1.97 bits per heavy atom. The van der Waals surface area contributed by atoms with Gasteiger partial charge in [-0.05, 0) is 42.5 Å². The van der Waals surface area contributed by atoms with Crippen LogP contribution in [0.5, 0.6) is 11.5 Å². The van der Waals surface area contributed by atoms with E-state index in [4.69, 9.17) is 21.1 Å². The van der Waals surface area contributed by atoms with Gasteiger partial charge in [0.05, 0.1) is 28.2 Å². The number of hydrogen-bond donors (Lipinski definition) is 2. The number of aliphatic hydroxyl groups is 1. The van der Waals surface area contributed by atoms with Gasteiger partial charge in [-0.25, -0.2) is 9.97 Å². The maximum absolute atomic E-state index is 11.9. The second-order valence-corrected chi connectivity index (χ2v) is 8.29. The van der Waals surface area contributed by atoms with Crippen molar-refractivity contribution in [2.45, 2.75) is 6.61 Å². The van der Waals surface area contributed by atoms with E-state index in [1.165, 1.54) is 11.2 Å². The van der Waals surface area contributed by atoms with E-state index in [-0.39, 0.29) is 13.2 Å². The second-order valence-electron chi connectivity index (χ2n) is 7.89. The Morgan fingerprint density at radius 3 is 2.73 bits per heavy atom. The Kier molecular flexibility index (Phi) is 8.85. The maximum atomic E-state index is 11.9. The number of halogens is 1. The summed E-state index contributed by atoms with van der Waals surface area (Å²) in [4.78, 5) is 26.4. The van der Waals surface area contributed by atoms with Crippen LogP contribution in [0.4, 0.5) is 11.5 Å². The third-order valence-electron chi connectivity index (χ3n) is 5.38. The summed E-state index contributed by atoms with van der Waals surface area (Å²) in [5.74, 6) is 1.23. The fourth-order valence-electron chi connectivity index (χ4n) is 3.60. The number of fused-ring (bicyclic) bond motifs is 1. The number of anilines is 2. The van der Waals surface area contributed by atoms with Crippen LogP contribution >= 0.6 is 11.6 Å². The molecule has 2 aromatic heterocycles. The molecular weight excluding hydrogens is 494 g/mol. The summed E-state index contributed by atoms with van der Waals surface area (Å²) in [5, 5.41) is 13.6. The molecule has 0 unspecified atom stereocenters. The maximum Gasteiger partial charge on any atom is 0.248 e. The molecule has 0 aliphatic rings. The zero-order valence-corrected chi connectivity index (χ0v) is 20.8. The number of pyridine rings is 1. The monoisotopic (exact) mass is 519 g/mol. The Morgan fingerprint density at radius 1 is 1.08 bits per heavy atom. The predicted molar refractivity (Wildman–Crippen MR) is 142 cm³/mol. The number of benzene rings is 2. The van der Waals surface area contributed by atoms with Gasteiger partial charge in [0.1, 0.15) is 43.5 Å². The predicted octanol–water partition coefficient (Wildman–Crippen LogP) is 4.39. The number of carbonyl (C=O) groups excluding carboxylic acids is 1. The van der Waals surface area contributed by atoms with Crippen LogP contribution in [0, 0.1) is 0 Å². The van der Waals surface area contributed by atoms with Gasteiger partial charge in [-0.15, -0.1) is 6.58 Å². The molecule has 0 saturated carbocycles. The minimum absolute atomic E-state index is 0.209. The van der Waals surface area contributed by atoms with Gasteiger partial charge in [-0.2, -0.15) is 0 Å². The Balaban J connectivity index is 1.49. The highest BCUT2D eigenvalue weighted by Gasteiger charge is 2.14. The van der Waals surface area contributed by atoms with Crippen LogP contribution in [0.1, 0.15) is 5.69 Å². The lowest BCUT2D eigenvalue weighted by Crippen LogP contribution is -2.36. The van der Waals surface area contributed by atoms with Crippen molar-refractivity contribution in [3.05, 3.63) is 90.5 Å². The first kappa shape index (κ1) is 25.9. The van der Waals surface area contributed by atoms with E-state index in [0.29, 0.717) is 52.1 Å². The van der Waals surface area contributed by atoms with E-state index in [2.05, 4.69) is 26.8 Å². The molecule has 0 radical (unpaired) electrons. The highest BCUT2D eigenvalue weighted by atomic mass is 35.5. The SMILES string of the molecule is C=CCN(CCOc1cccc2ncnc(Nc3ccc(OCc4ccccn4)c(Cl)c3)c12)C(=O)CO. The molecule has 1 amide bonds. The van der Waals surface area contributed by atoms with Crippen LogP contribution in [0.2, 0.25) is 5.02 Å². The first-order chi connectivity index (χ1) is 18.1. The number of amides is 1. The Bertz CT molecular complexity index is 1360. The van der Waals surface area contributed by atoms with Gasteiger partial charge < -0.3 is 24.8 Å². The number of rotatable bonds is 12. The lowest BCUT2D eigenvalue weighted by atomic mass is 10.2. The molecule has 10 heteroatoms. The number of ether oxygens (including phenoxy) is 2. The number of aromatic nitrogens is 3. The fourth-order valence-corrected chi connectivity index (χ4v) is 3.84. The molecule has 0 saturated heterocycles. The van der Waals surface area contributed by atoms with Gasteiger partial charge in [0.25, 0.3) is 0 Å². The molecule has 37 heavy (non-hydrogen) atoms. The molecule has 190 valence electrons. The number of nitrogens with one attached hydrogen (secondary N) is 1. The molecule has 0 spiro atoms. The molecule has 2 aromatic carbocycles. The summed E-state index contributed by atoms with van der Waals surface area (Å²) in [6.45, 7) is 4.20. The topological polar surface area (TPSA) is 110 Å². The van der Waals surface area contributed by atoms with Gasteiger partial charge in [-0.1, -0.05) is 29.8 Å². The third-order valence-corrected chi connectivity index (χ3v) is 5.67. The molecule has 9 nitrogen and oxygen atoms in total. The molecule has 0 aliphatic heterocycles. The highest BCUT2D eigenvalue weighted by Crippen LogP contribution is 2.34. The molecular formula is C27H26ClN5O4. The molecule has 0 bridgehead atoms. The van der Waals surface area contributed by atoms with Crippen LogP contribution in [-0.4, -0.2) is 57.2 Å². The average Bonchev–Trinajstić information content (AvgIpc) is 2.92. The molecule has 0 fully saturated rings. The molecule has 4 rings (SSSR count). The van der Waals surface area contributed by atoms with Gasteiger partial charge in [0, 0.05) is 18.4 Å². The minimum Gasteiger partial charge on any atom is -0.491 e. The number of aliphatic hydroxyl groups excluding tert-OH is 1. The van der Waals surface area contributed by atoms with Gasteiger partial charge in [-0.3, -0.25) is 9.78 Å². The van der Waals surface area contributed by atoms with Gasteiger partial charge in [0.2, 0.25) is 5.91 Å². The van der Waals surface area contributed by atoms with E-state index in [1.54, 1.807) is 24.4 Å². The number of nitrogens with zero attached hydrogens (tertiary/aromatic N) is 4. The standard InChI is InChI=1S/C27H26ClN5O4/c1-2-12-33(25(35)16-34)13-14-36-24-8-5-7-22-26(24)27(31-18-30-22)32-19-9-10-23(21(28)15-19)37-17-20-6-3-4-11-29-20/h2-11,15,18,34H,1,12-14,16-17H2,(H,30,31,32). The van der Waals surface area contributed by atoms with E-state index >= 15 is 0 Å². The summed E-state index contributed by atoms with van der Waals surface area (Å²) < 4.78 is 11.8. The minimum atomic E-state index is -0.570. The van der Waals surface area contributed by atoms with Crippen molar-refractivity contribution in [1.29, 1.82) is 0 Å². The van der Waals surface area contributed by atoms with Crippen LogP contribution in [0.3, 0.4) is 0 Å². The van der Waals surface area contributed by atoms with Crippen molar-refractivity contribution >= 4 is 39.9 Å². The van der Waals surface area contributed by atoms with E-state index < -0.39 is 12.5 Å². The molecule has 0 aliphatic carbocycles. The van der Waals surface area contributed by atoms with Gasteiger partial charge >= 0.3 is 0 Å². The average molecular weight is 520 g/mol. The molecule has 0 atom stereocenters. The smallest absolute Gasteiger partial charge is 0.248 e. The quantitative estimate of drug-likeness (QED) is 0.265. The van der Waals surface area contributed by atoms with E-state index in [1.807, 2.05) is 42.5 Å². The van der Waals surface area contributed by atoms with Crippen LogP contribution in [0.25, 0.3) is 10.9 Å². The Labute approximate surface area is 219 Å². The summed E-state index contributed by atoms with van der Waals surface area (Å²) in [6.07, 6.45) is 4.77. The number of hydrogen-bond acceptors (Lipinski definition) is 8. The number of carbonyl (C=O) groups is 1. The summed E-state index contributed by atoms with van der Waals surface area (Å²) in [5.41, 5.74) is 2.19. The van der Waals surface area contributed by atoms with Crippen molar-refractivity contribution in [1.82, 2.24) is 19.9 Å². The normalized spacial score (nSPS) is 10.6. The first-order valence-corrected chi connectivity index (χ1v) is 11.9.